The van der Waals surface area contributed by atoms with Crippen LogP contribution >= 0.6 is 0 Å². The molecule has 2 unspecified atom stereocenters. The number of rotatable bonds is 7. The van der Waals surface area contributed by atoms with Gasteiger partial charge >= 0.3 is 6.36 Å². The van der Waals surface area contributed by atoms with E-state index in [4.69, 9.17) is 0 Å². The van der Waals surface area contributed by atoms with Crippen LogP contribution in [-0.4, -0.2) is 30.9 Å². The first-order valence-corrected chi connectivity index (χ1v) is 9.74. The minimum Gasteiger partial charge on any atom is -0.658 e. The highest BCUT2D eigenvalue weighted by atomic mass is 19.4. The van der Waals surface area contributed by atoms with Crippen molar-refractivity contribution in [2.24, 2.45) is 17.8 Å². The number of hydrogen-bond donors (Lipinski definition) is 0. The maximum absolute atomic E-state index is 13.4. The molecule has 1 heterocycles. The zero-order valence-electron chi connectivity index (χ0n) is 16.1. The third kappa shape index (κ3) is 5.08. The molecular formula is C22H23F4N2O-. The van der Waals surface area contributed by atoms with Gasteiger partial charge in [-0.25, -0.2) is 4.39 Å². The topological polar surface area (TPSA) is 26.6 Å². The highest BCUT2D eigenvalue weighted by Gasteiger charge is 2.52. The molecule has 29 heavy (non-hydrogen) atoms. The monoisotopic (exact) mass is 407 g/mol. The van der Waals surface area contributed by atoms with E-state index in [1.165, 1.54) is 18.2 Å². The quantitative estimate of drug-likeness (QED) is 0.584. The molecule has 2 aromatic carbocycles. The lowest BCUT2D eigenvalue weighted by molar-refractivity contribution is -0.274. The van der Waals surface area contributed by atoms with Gasteiger partial charge in [-0.2, -0.15) is 0 Å². The third-order valence-corrected chi connectivity index (χ3v) is 5.84. The second-order valence-corrected chi connectivity index (χ2v) is 8.03. The summed E-state index contributed by atoms with van der Waals surface area (Å²) in [6.07, 6.45) is -4.68. The smallest absolute Gasteiger partial charge is 0.573 e. The molecule has 0 N–H and O–H groups in total. The van der Waals surface area contributed by atoms with Gasteiger partial charge in [0, 0.05) is 19.6 Å². The van der Waals surface area contributed by atoms with Gasteiger partial charge in [0.05, 0.1) is 0 Å². The second kappa shape index (κ2) is 7.95. The number of ether oxygens (including phenoxy) is 1. The van der Waals surface area contributed by atoms with Crippen LogP contribution in [-0.2, 0) is 13.1 Å². The van der Waals surface area contributed by atoms with Gasteiger partial charge in [0.1, 0.15) is 11.6 Å². The fourth-order valence-electron chi connectivity index (χ4n) is 4.38. The van der Waals surface area contributed by atoms with Crippen LogP contribution in [0.4, 0.5) is 17.6 Å². The number of piperidine rings is 1. The lowest BCUT2D eigenvalue weighted by Gasteiger charge is -2.24. The summed E-state index contributed by atoms with van der Waals surface area (Å²) in [6.45, 7) is 5.80. The Bertz CT molecular complexity index is 858. The molecule has 2 atom stereocenters. The molecule has 3 nitrogen and oxygen atoms in total. The van der Waals surface area contributed by atoms with E-state index in [0.29, 0.717) is 35.4 Å². The standard InChI is InChI=1S/C22H23F4N2O/c1-14-7-16(5-6-21(14)23)11-28-12-19-18(20(19)13-28)10-27-9-15-3-2-4-17(8-15)29-22(24,25)26/h2-8,18-20H,9-13H2,1H3/q-1. The normalized spacial score (nSPS) is 23.8. The molecule has 7 heteroatoms. The molecule has 0 spiro atoms. The highest BCUT2D eigenvalue weighted by molar-refractivity contribution is 5.30. The van der Waals surface area contributed by atoms with E-state index < -0.39 is 6.36 Å². The van der Waals surface area contributed by atoms with Crippen molar-refractivity contribution in [2.45, 2.75) is 26.4 Å². The Morgan fingerprint density at radius 3 is 2.52 bits per heavy atom. The number of benzene rings is 2. The van der Waals surface area contributed by atoms with Gasteiger partial charge < -0.3 is 10.1 Å². The number of likely N-dealkylation sites (tertiary alicyclic amines) is 1. The first kappa shape index (κ1) is 20.2. The summed E-state index contributed by atoms with van der Waals surface area (Å²) in [4.78, 5) is 2.40. The van der Waals surface area contributed by atoms with E-state index in [0.717, 1.165) is 31.7 Å². The van der Waals surface area contributed by atoms with E-state index >= 15 is 0 Å². The number of aryl methyl sites for hydroxylation is 1. The van der Waals surface area contributed by atoms with E-state index in [9.17, 15) is 17.6 Å². The van der Waals surface area contributed by atoms with Crippen molar-refractivity contribution in [3.63, 3.8) is 0 Å². The SMILES string of the molecule is Cc1cc(CN2CC3C(C[N-]Cc4cccc(OC(F)(F)F)c4)C3C2)ccc1F. The van der Waals surface area contributed by atoms with E-state index in [1.54, 1.807) is 19.1 Å². The maximum Gasteiger partial charge on any atom is 0.573 e. The van der Waals surface area contributed by atoms with Gasteiger partial charge in [-0.05, 0) is 48.1 Å². The van der Waals surface area contributed by atoms with Crippen molar-refractivity contribution in [1.82, 2.24) is 4.90 Å². The fraction of sp³-hybridized carbons (Fsp3) is 0.455. The summed E-state index contributed by atoms with van der Waals surface area (Å²) in [7, 11) is 0. The van der Waals surface area contributed by atoms with Crippen molar-refractivity contribution in [3.8, 4) is 5.75 Å². The average Bonchev–Trinajstić information content (AvgIpc) is 3.08. The fourth-order valence-corrected chi connectivity index (χ4v) is 4.38. The Morgan fingerprint density at radius 2 is 1.83 bits per heavy atom. The largest absolute Gasteiger partial charge is 0.658 e. The number of fused-ring (bicyclic) bond motifs is 1. The molecule has 0 radical (unpaired) electrons. The first-order chi connectivity index (χ1) is 13.8. The van der Waals surface area contributed by atoms with Gasteiger partial charge in [0.2, 0.25) is 0 Å². The lowest BCUT2D eigenvalue weighted by Crippen LogP contribution is -2.24. The van der Waals surface area contributed by atoms with Crippen LogP contribution in [0.3, 0.4) is 0 Å². The Morgan fingerprint density at radius 1 is 1.07 bits per heavy atom. The zero-order chi connectivity index (χ0) is 20.6. The van der Waals surface area contributed by atoms with Crippen LogP contribution in [0, 0.1) is 30.5 Å². The van der Waals surface area contributed by atoms with Crippen LogP contribution in [0.15, 0.2) is 42.5 Å². The Labute approximate surface area is 167 Å². The van der Waals surface area contributed by atoms with Crippen molar-refractivity contribution in [3.05, 3.63) is 70.3 Å². The molecule has 0 aromatic heterocycles. The molecule has 1 saturated carbocycles. The average molecular weight is 407 g/mol. The molecule has 0 bridgehead atoms. The number of nitrogens with zero attached hydrogens (tertiary/aromatic N) is 2. The molecule has 2 aromatic rings. The molecule has 0 amide bonds. The summed E-state index contributed by atoms with van der Waals surface area (Å²) in [6, 6.07) is 11.3. The molecule has 1 aliphatic heterocycles. The van der Waals surface area contributed by atoms with Crippen LogP contribution in [0.1, 0.15) is 16.7 Å². The van der Waals surface area contributed by atoms with Crippen LogP contribution < -0.4 is 4.74 Å². The van der Waals surface area contributed by atoms with Crippen molar-refractivity contribution < 1.29 is 22.3 Å². The molecule has 2 fully saturated rings. The van der Waals surface area contributed by atoms with Crippen molar-refractivity contribution in [1.29, 1.82) is 0 Å². The Kier molecular flexibility index (Phi) is 5.53. The van der Waals surface area contributed by atoms with Crippen LogP contribution in [0.25, 0.3) is 5.32 Å². The summed E-state index contributed by atoms with van der Waals surface area (Å²) < 4.78 is 54.3. The Hall–Kier alpha value is -2.12. The molecular weight excluding hydrogens is 384 g/mol. The summed E-state index contributed by atoms with van der Waals surface area (Å²) >= 11 is 0. The molecule has 1 saturated heterocycles. The van der Waals surface area contributed by atoms with Gasteiger partial charge in [0.15, 0.2) is 0 Å². The van der Waals surface area contributed by atoms with Gasteiger partial charge in [0.25, 0.3) is 0 Å². The maximum atomic E-state index is 13.4. The lowest BCUT2D eigenvalue weighted by atomic mass is 10.1. The summed E-state index contributed by atoms with van der Waals surface area (Å²) in [5, 5.41) is 4.56. The zero-order valence-corrected chi connectivity index (χ0v) is 16.1. The van der Waals surface area contributed by atoms with E-state index in [2.05, 4.69) is 15.0 Å². The summed E-state index contributed by atoms with van der Waals surface area (Å²) in [5.74, 6) is 1.46. The molecule has 1 aliphatic carbocycles. The van der Waals surface area contributed by atoms with E-state index in [-0.39, 0.29) is 11.6 Å². The van der Waals surface area contributed by atoms with Gasteiger partial charge in [-0.15, -0.1) is 26.3 Å². The minimum absolute atomic E-state index is 0.171. The van der Waals surface area contributed by atoms with Gasteiger partial charge in [-0.1, -0.05) is 35.7 Å². The summed E-state index contributed by atoms with van der Waals surface area (Å²) in [5.41, 5.74) is 2.52. The van der Waals surface area contributed by atoms with Crippen LogP contribution in [0.2, 0.25) is 0 Å². The second-order valence-electron chi connectivity index (χ2n) is 8.03. The third-order valence-electron chi connectivity index (χ3n) is 5.84. The first-order valence-electron chi connectivity index (χ1n) is 9.74. The minimum atomic E-state index is -4.68. The highest BCUT2D eigenvalue weighted by Crippen LogP contribution is 2.52. The predicted molar refractivity (Wildman–Crippen MR) is 102 cm³/mol. The molecule has 2 aliphatic rings. The van der Waals surface area contributed by atoms with E-state index in [1.807, 2.05) is 12.1 Å². The molecule has 4 rings (SSSR count). The van der Waals surface area contributed by atoms with Crippen molar-refractivity contribution in [2.75, 3.05) is 19.6 Å². The number of alkyl halides is 3. The van der Waals surface area contributed by atoms with Crippen molar-refractivity contribution >= 4 is 0 Å². The predicted octanol–water partition coefficient (Wildman–Crippen LogP) is 5.28. The molecule has 156 valence electrons. The number of hydrogen-bond acceptors (Lipinski definition) is 2. The Balaban J connectivity index is 1.19. The van der Waals surface area contributed by atoms with Gasteiger partial charge in [-0.3, -0.25) is 4.90 Å². The van der Waals surface area contributed by atoms with Crippen LogP contribution in [0.5, 0.6) is 5.75 Å². The number of halogens is 4.